The predicted octanol–water partition coefficient (Wildman–Crippen LogP) is 4.26. The van der Waals surface area contributed by atoms with Gasteiger partial charge in [0.2, 0.25) is 5.60 Å². The van der Waals surface area contributed by atoms with E-state index in [1.165, 1.54) is 0 Å². The highest BCUT2D eigenvalue weighted by molar-refractivity contribution is 5.85. The summed E-state index contributed by atoms with van der Waals surface area (Å²) < 4.78 is 90.5. The topological polar surface area (TPSA) is 59.1 Å². The van der Waals surface area contributed by atoms with Crippen LogP contribution in [0.3, 0.4) is 0 Å². The number of rotatable bonds is 4. The Bertz CT molecular complexity index is 1080. The van der Waals surface area contributed by atoms with E-state index in [1.807, 2.05) is 0 Å². The van der Waals surface area contributed by atoms with Crippen molar-refractivity contribution in [1.29, 1.82) is 0 Å². The maximum absolute atomic E-state index is 13.4. The highest BCUT2D eigenvalue weighted by atomic mass is 19.4. The van der Waals surface area contributed by atoms with Crippen LogP contribution in [0.1, 0.15) is 35.1 Å². The highest BCUT2D eigenvalue weighted by Crippen LogP contribution is 2.52. The summed E-state index contributed by atoms with van der Waals surface area (Å²) in [4.78, 5) is 13.4. The normalized spacial score (nSPS) is 29.0. The molecule has 0 saturated carbocycles. The van der Waals surface area contributed by atoms with E-state index >= 15 is 0 Å². The van der Waals surface area contributed by atoms with Gasteiger partial charge in [0.25, 0.3) is 0 Å². The number of hydrogen-bond donors (Lipinski definition) is 1. The summed E-state index contributed by atoms with van der Waals surface area (Å²) in [7, 11) is 4.15. The van der Waals surface area contributed by atoms with Gasteiger partial charge in [-0.2, -0.15) is 26.3 Å². The van der Waals surface area contributed by atoms with Crippen LogP contribution in [-0.2, 0) is 32.2 Å². The molecule has 11 heteroatoms. The Labute approximate surface area is 202 Å². The molecule has 0 spiro atoms. The number of esters is 1. The van der Waals surface area contributed by atoms with Gasteiger partial charge < -0.3 is 19.1 Å². The first-order valence-electron chi connectivity index (χ1n) is 11.4. The summed E-state index contributed by atoms with van der Waals surface area (Å²) in [5, 5.41) is 11.6. The Morgan fingerprint density at radius 2 is 1.17 bits per heavy atom. The fourth-order valence-corrected chi connectivity index (χ4v) is 5.74. The van der Waals surface area contributed by atoms with Crippen LogP contribution >= 0.6 is 0 Å². The average Bonchev–Trinajstić information content (AvgIpc) is 3.56. The van der Waals surface area contributed by atoms with Gasteiger partial charge in [0.05, 0.1) is 25.2 Å². The van der Waals surface area contributed by atoms with Crippen LogP contribution in [0.5, 0.6) is 0 Å². The van der Waals surface area contributed by atoms with E-state index in [0.717, 1.165) is 24.3 Å². The quantitative estimate of drug-likeness (QED) is 0.286. The second kappa shape index (κ2) is 7.93. The van der Waals surface area contributed by atoms with E-state index in [9.17, 15) is 36.2 Å². The van der Waals surface area contributed by atoms with Crippen molar-refractivity contribution in [2.45, 2.75) is 61.2 Å². The zero-order valence-electron chi connectivity index (χ0n) is 19.3. The van der Waals surface area contributed by atoms with Crippen LogP contribution in [0.2, 0.25) is 0 Å². The number of likely N-dealkylation sites (N-methyl/N-ethyl adjacent to an activating group) is 1. The van der Waals surface area contributed by atoms with Crippen LogP contribution in [-0.4, -0.2) is 60.0 Å². The molecular weight excluding hydrogens is 492 g/mol. The molecule has 3 aliphatic rings. The molecule has 0 aromatic heterocycles. The number of halogens is 6. The third-order valence-corrected chi connectivity index (χ3v) is 7.87. The monoisotopic (exact) mass is 516 g/mol. The molecule has 3 heterocycles. The Morgan fingerprint density at radius 3 is 1.53 bits per heavy atom. The summed E-state index contributed by atoms with van der Waals surface area (Å²) in [6.45, 7) is 0. The molecule has 4 unspecified atom stereocenters. The van der Waals surface area contributed by atoms with Crippen molar-refractivity contribution in [2.24, 2.45) is 0 Å². The van der Waals surface area contributed by atoms with Crippen molar-refractivity contribution in [1.82, 2.24) is 0 Å². The lowest BCUT2D eigenvalue weighted by Gasteiger charge is -2.45. The number of carbonyl (C=O) groups excluding carboxylic acids is 1. The zero-order valence-corrected chi connectivity index (χ0v) is 19.3. The smallest absolute Gasteiger partial charge is 0.416 e. The number of quaternary nitrogens is 1. The van der Waals surface area contributed by atoms with Crippen molar-refractivity contribution in [3.8, 4) is 0 Å². The van der Waals surface area contributed by atoms with Crippen LogP contribution in [0.15, 0.2) is 48.5 Å². The number of carbonyl (C=O) groups is 1. The number of piperidine rings is 1. The van der Waals surface area contributed by atoms with Crippen LogP contribution < -0.4 is 0 Å². The third-order valence-electron chi connectivity index (χ3n) is 7.87. The van der Waals surface area contributed by atoms with Gasteiger partial charge in [-0.15, -0.1) is 0 Å². The van der Waals surface area contributed by atoms with Crippen LogP contribution in [0.4, 0.5) is 26.3 Å². The summed E-state index contributed by atoms with van der Waals surface area (Å²) >= 11 is 0. The molecule has 2 bridgehead atoms. The molecule has 2 aromatic rings. The van der Waals surface area contributed by atoms with Crippen LogP contribution in [0, 0.1) is 0 Å². The van der Waals surface area contributed by atoms with E-state index in [1.54, 1.807) is 0 Å². The lowest BCUT2D eigenvalue weighted by Crippen LogP contribution is -2.60. The van der Waals surface area contributed by atoms with Crippen molar-refractivity contribution >= 4 is 5.97 Å². The number of benzene rings is 2. The first kappa shape index (κ1) is 25.0. The molecule has 3 fully saturated rings. The molecule has 194 valence electrons. The molecule has 5 nitrogen and oxygen atoms in total. The van der Waals surface area contributed by atoms with Gasteiger partial charge in [-0.05, 0) is 35.4 Å². The zero-order chi connectivity index (χ0) is 26.3. The Balaban J connectivity index is 1.47. The van der Waals surface area contributed by atoms with Gasteiger partial charge in [0.15, 0.2) is 0 Å². The molecule has 0 amide bonds. The van der Waals surface area contributed by atoms with E-state index in [4.69, 9.17) is 9.47 Å². The van der Waals surface area contributed by atoms with Gasteiger partial charge in [-0.1, -0.05) is 24.3 Å². The molecular formula is C25H24F6NO4+. The van der Waals surface area contributed by atoms with Gasteiger partial charge in [0, 0.05) is 12.8 Å². The summed E-state index contributed by atoms with van der Waals surface area (Å²) in [5.41, 5.74) is -5.12. The molecule has 36 heavy (non-hydrogen) atoms. The van der Waals surface area contributed by atoms with Crippen molar-refractivity contribution in [2.75, 3.05) is 14.1 Å². The molecule has 1 N–H and O–H groups in total. The minimum absolute atomic E-state index is 0.0670. The predicted molar refractivity (Wildman–Crippen MR) is 113 cm³/mol. The summed E-state index contributed by atoms with van der Waals surface area (Å²) in [5.74, 6) is -1.16. The largest absolute Gasteiger partial charge is 0.459 e. The number of ether oxygens (including phenoxy) is 2. The highest BCUT2D eigenvalue weighted by Gasteiger charge is 2.71. The Hall–Kier alpha value is -2.63. The Kier molecular flexibility index (Phi) is 5.52. The maximum atomic E-state index is 13.4. The lowest BCUT2D eigenvalue weighted by atomic mass is 9.85. The molecule has 0 aliphatic carbocycles. The lowest BCUT2D eigenvalue weighted by molar-refractivity contribution is -0.938. The van der Waals surface area contributed by atoms with Crippen molar-refractivity contribution in [3.63, 3.8) is 0 Å². The van der Waals surface area contributed by atoms with Crippen molar-refractivity contribution in [3.05, 3.63) is 70.8 Å². The SMILES string of the molecule is C[N+]1(C)C2CC(OC(=O)C(O)(c3ccc(C(F)(F)F)cc3)c3ccc(C(F)(F)F)cc3)CC1C1OC12. The number of fused-ring (bicyclic) bond motifs is 5. The van der Waals surface area contributed by atoms with E-state index in [-0.39, 0.29) is 35.4 Å². The minimum Gasteiger partial charge on any atom is -0.459 e. The molecule has 5 rings (SSSR count). The first-order chi connectivity index (χ1) is 16.6. The molecule has 3 saturated heterocycles. The molecule has 3 aliphatic heterocycles. The Morgan fingerprint density at radius 1 is 0.806 bits per heavy atom. The fraction of sp³-hybridized carbons (Fsp3) is 0.480. The number of aliphatic hydroxyl groups is 1. The first-order valence-corrected chi connectivity index (χ1v) is 11.4. The van der Waals surface area contributed by atoms with E-state index in [2.05, 4.69) is 14.1 Å². The standard InChI is InChI=1S/C25H24F6NO4/c1-32(2)18-11-17(12-19(32)21-20(18)36-21)35-22(33)23(34,13-3-7-15(8-4-13)24(26,27)28)14-5-9-16(10-6-14)25(29,30)31/h3-10,17-21,34H,11-12H2,1-2H3/q+1. The second-order valence-corrected chi connectivity index (χ2v) is 10.2. The van der Waals surface area contributed by atoms with E-state index < -0.39 is 41.2 Å². The third kappa shape index (κ3) is 3.97. The molecule has 2 aromatic carbocycles. The summed E-state index contributed by atoms with van der Waals surface area (Å²) in [6.07, 6.45) is -8.82. The minimum atomic E-state index is -4.65. The van der Waals surface area contributed by atoms with Gasteiger partial charge >= 0.3 is 18.3 Å². The maximum Gasteiger partial charge on any atom is 0.416 e. The number of morpholine rings is 1. The van der Waals surface area contributed by atoms with Gasteiger partial charge in [0.1, 0.15) is 30.4 Å². The number of alkyl halides is 6. The van der Waals surface area contributed by atoms with Crippen molar-refractivity contribution < 1.29 is 50.2 Å². The number of nitrogens with zero attached hydrogens (tertiary/aromatic N) is 1. The van der Waals surface area contributed by atoms with E-state index in [0.29, 0.717) is 41.6 Å². The van der Waals surface area contributed by atoms with Gasteiger partial charge in [-0.25, -0.2) is 4.79 Å². The number of epoxide rings is 1. The number of hydrogen-bond acceptors (Lipinski definition) is 4. The summed E-state index contributed by atoms with van der Waals surface area (Å²) in [6, 6.07) is 6.66. The second-order valence-electron chi connectivity index (χ2n) is 10.2. The molecule has 4 atom stereocenters. The average molecular weight is 516 g/mol. The molecule has 0 radical (unpaired) electrons. The van der Waals surface area contributed by atoms with Crippen LogP contribution in [0.25, 0.3) is 0 Å². The fourth-order valence-electron chi connectivity index (χ4n) is 5.74. The van der Waals surface area contributed by atoms with Gasteiger partial charge in [-0.3, -0.25) is 0 Å².